The zero-order chi connectivity index (χ0) is 18.3. The Hall–Kier alpha value is -2.71. The number of methoxy groups -OCH3 is 2. The third-order valence-electron chi connectivity index (χ3n) is 5.73. The Morgan fingerprint density at radius 1 is 1.12 bits per heavy atom. The van der Waals surface area contributed by atoms with Crippen LogP contribution in [0, 0.1) is 16.7 Å². The van der Waals surface area contributed by atoms with Gasteiger partial charge in [-0.15, -0.1) is 0 Å². The number of benzene rings is 2. The van der Waals surface area contributed by atoms with Crippen molar-refractivity contribution in [3.63, 3.8) is 0 Å². The molecule has 0 aliphatic carbocycles. The summed E-state index contributed by atoms with van der Waals surface area (Å²) in [5.41, 5.74) is 1.52. The Morgan fingerprint density at radius 3 is 2.46 bits per heavy atom. The maximum atomic E-state index is 10.2. The third-order valence-corrected chi connectivity index (χ3v) is 5.73. The molecular formula is C21H22N2O3. The first-order valence-corrected chi connectivity index (χ1v) is 8.69. The minimum atomic E-state index is -0.636. The molecule has 0 saturated carbocycles. The summed E-state index contributed by atoms with van der Waals surface area (Å²) in [4.78, 5) is 2.26. The summed E-state index contributed by atoms with van der Waals surface area (Å²) in [5, 5.41) is 10.2. The molecule has 5 heteroatoms. The lowest BCUT2D eigenvalue weighted by Gasteiger charge is -2.39. The molecule has 4 rings (SSSR count). The first-order valence-electron chi connectivity index (χ1n) is 8.69. The van der Waals surface area contributed by atoms with Crippen molar-refractivity contribution in [1.82, 2.24) is 4.90 Å². The fourth-order valence-electron chi connectivity index (χ4n) is 4.44. The van der Waals surface area contributed by atoms with Crippen LogP contribution in [-0.4, -0.2) is 39.3 Å². The Balaban J connectivity index is 1.80. The van der Waals surface area contributed by atoms with Crippen molar-refractivity contribution >= 4 is 0 Å². The first-order chi connectivity index (χ1) is 12.6. The van der Waals surface area contributed by atoms with Gasteiger partial charge in [0.2, 0.25) is 0 Å². The molecule has 2 heterocycles. The van der Waals surface area contributed by atoms with Crippen LogP contribution in [0.4, 0.5) is 0 Å². The van der Waals surface area contributed by atoms with Gasteiger partial charge < -0.3 is 14.2 Å². The lowest BCUT2D eigenvalue weighted by Crippen LogP contribution is -2.40. The van der Waals surface area contributed by atoms with Gasteiger partial charge in [0.05, 0.1) is 26.3 Å². The van der Waals surface area contributed by atoms with Gasteiger partial charge in [0.25, 0.3) is 0 Å². The van der Waals surface area contributed by atoms with Crippen LogP contribution in [0.3, 0.4) is 0 Å². The van der Waals surface area contributed by atoms with E-state index in [9.17, 15) is 5.26 Å². The highest BCUT2D eigenvalue weighted by atomic mass is 16.5. The second-order valence-corrected chi connectivity index (χ2v) is 7.01. The molecule has 2 aliphatic heterocycles. The number of ether oxygens (including phenoxy) is 3. The maximum absolute atomic E-state index is 10.2. The molecule has 0 aromatic heterocycles. The quantitative estimate of drug-likeness (QED) is 0.849. The van der Waals surface area contributed by atoms with E-state index in [0.29, 0.717) is 6.61 Å². The predicted molar refractivity (Wildman–Crippen MR) is 97.6 cm³/mol. The van der Waals surface area contributed by atoms with Crippen molar-refractivity contribution in [3.05, 3.63) is 53.6 Å². The summed E-state index contributed by atoms with van der Waals surface area (Å²) in [5.74, 6) is 2.50. The number of likely N-dealkylation sites (N-methyl/N-ethyl adjacent to an activating group) is 1. The largest absolute Gasteiger partial charge is 0.497 e. The molecule has 1 fully saturated rings. The van der Waals surface area contributed by atoms with Crippen LogP contribution in [0.25, 0.3) is 0 Å². The van der Waals surface area contributed by atoms with E-state index in [1.54, 1.807) is 14.2 Å². The van der Waals surface area contributed by atoms with Crippen LogP contribution in [0.1, 0.15) is 23.1 Å². The van der Waals surface area contributed by atoms with E-state index in [1.165, 1.54) is 0 Å². The van der Waals surface area contributed by atoms with Gasteiger partial charge >= 0.3 is 0 Å². The topological polar surface area (TPSA) is 54.7 Å². The number of rotatable bonds is 3. The number of likely N-dealkylation sites (tertiary alicyclic amines) is 1. The van der Waals surface area contributed by atoms with Gasteiger partial charge in [-0.05, 0) is 42.9 Å². The van der Waals surface area contributed by atoms with Gasteiger partial charge in [0, 0.05) is 18.0 Å². The summed E-state index contributed by atoms with van der Waals surface area (Å²) < 4.78 is 16.7. The van der Waals surface area contributed by atoms with Gasteiger partial charge in [0.1, 0.15) is 29.3 Å². The number of hydrogen-bond acceptors (Lipinski definition) is 5. The highest BCUT2D eigenvalue weighted by molar-refractivity contribution is 5.49. The van der Waals surface area contributed by atoms with E-state index in [0.717, 1.165) is 34.9 Å². The van der Waals surface area contributed by atoms with E-state index in [2.05, 4.69) is 30.1 Å². The average molecular weight is 350 g/mol. The molecular weight excluding hydrogens is 328 g/mol. The fraction of sp³-hybridized carbons (Fsp3) is 0.381. The number of nitriles is 1. The molecule has 0 spiro atoms. The predicted octanol–water partition coefficient (Wildman–Crippen LogP) is 3.38. The summed E-state index contributed by atoms with van der Waals surface area (Å²) in [7, 11) is 5.39. The molecule has 26 heavy (non-hydrogen) atoms. The van der Waals surface area contributed by atoms with Gasteiger partial charge in [-0.2, -0.15) is 5.26 Å². The minimum Gasteiger partial charge on any atom is -0.497 e. The van der Waals surface area contributed by atoms with Crippen molar-refractivity contribution in [2.24, 2.45) is 5.41 Å². The van der Waals surface area contributed by atoms with Gasteiger partial charge in [0.15, 0.2) is 0 Å². The first kappa shape index (κ1) is 16.7. The summed E-state index contributed by atoms with van der Waals surface area (Å²) in [6, 6.07) is 16.4. The van der Waals surface area contributed by atoms with Crippen LogP contribution in [0.2, 0.25) is 0 Å². The highest BCUT2D eigenvalue weighted by Crippen LogP contribution is 2.58. The van der Waals surface area contributed by atoms with Gasteiger partial charge in [-0.25, -0.2) is 0 Å². The molecule has 134 valence electrons. The zero-order valence-corrected chi connectivity index (χ0v) is 15.2. The molecule has 2 aromatic carbocycles. The summed E-state index contributed by atoms with van der Waals surface area (Å²) in [6.07, 6.45) is 0. The van der Waals surface area contributed by atoms with Crippen molar-refractivity contribution in [2.45, 2.75) is 12.0 Å². The van der Waals surface area contributed by atoms with Crippen molar-refractivity contribution < 1.29 is 14.2 Å². The summed E-state index contributed by atoms with van der Waals surface area (Å²) >= 11 is 0. The highest BCUT2D eigenvalue weighted by Gasteiger charge is 2.58. The van der Waals surface area contributed by atoms with Gasteiger partial charge in [-0.3, -0.25) is 4.90 Å². The van der Waals surface area contributed by atoms with Crippen LogP contribution in [0.5, 0.6) is 17.2 Å². The maximum Gasteiger partial charge on any atom is 0.124 e. The normalized spacial score (nSPS) is 27.0. The Kier molecular flexibility index (Phi) is 4.01. The molecule has 0 bridgehead atoms. The monoisotopic (exact) mass is 350 g/mol. The zero-order valence-electron chi connectivity index (χ0n) is 15.2. The molecule has 0 unspecified atom stereocenters. The number of fused-ring (bicyclic) bond motifs is 3. The van der Waals surface area contributed by atoms with E-state index in [-0.39, 0.29) is 12.0 Å². The lowest BCUT2D eigenvalue weighted by atomic mass is 9.69. The standard InChI is InChI=1S/C21H22N2O3/c1-23-11-18(14-4-6-15(24-2)7-5-14)21(12-22)13-26-19-9-8-16(25-3)10-17(19)20(21)23/h4-10,18,20H,11,13H2,1-3H3/t18-,20+,21+/m0/s1. The van der Waals surface area contributed by atoms with E-state index >= 15 is 0 Å². The summed E-state index contributed by atoms with van der Waals surface area (Å²) in [6.45, 7) is 1.18. The average Bonchev–Trinajstić information content (AvgIpc) is 3.01. The van der Waals surface area contributed by atoms with Crippen molar-refractivity contribution in [1.29, 1.82) is 5.26 Å². The minimum absolute atomic E-state index is 0.0292. The van der Waals surface area contributed by atoms with Gasteiger partial charge in [-0.1, -0.05) is 12.1 Å². The molecule has 0 amide bonds. The number of nitrogens with zero attached hydrogens (tertiary/aromatic N) is 2. The second kappa shape index (κ2) is 6.22. The Bertz CT molecular complexity index is 859. The van der Waals surface area contributed by atoms with Crippen LogP contribution in [0.15, 0.2) is 42.5 Å². The second-order valence-electron chi connectivity index (χ2n) is 7.01. The molecule has 3 atom stereocenters. The van der Waals surface area contributed by atoms with E-state index in [4.69, 9.17) is 14.2 Å². The third kappa shape index (κ3) is 2.33. The SMILES string of the molecule is COc1ccc([C@@H]2CN(C)[C@@H]3c4cc(OC)ccc4OC[C@]23C#N)cc1. The lowest BCUT2D eigenvalue weighted by molar-refractivity contribution is 0.107. The van der Waals surface area contributed by atoms with E-state index < -0.39 is 5.41 Å². The molecule has 5 nitrogen and oxygen atoms in total. The Labute approximate surface area is 153 Å². The van der Waals surface area contributed by atoms with E-state index in [1.807, 2.05) is 30.3 Å². The van der Waals surface area contributed by atoms with Crippen LogP contribution < -0.4 is 14.2 Å². The molecule has 2 aromatic rings. The fourth-order valence-corrected chi connectivity index (χ4v) is 4.44. The molecule has 2 aliphatic rings. The number of hydrogen-bond donors (Lipinski definition) is 0. The van der Waals surface area contributed by atoms with Crippen LogP contribution >= 0.6 is 0 Å². The van der Waals surface area contributed by atoms with Crippen molar-refractivity contribution in [2.75, 3.05) is 34.4 Å². The Morgan fingerprint density at radius 2 is 1.81 bits per heavy atom. The molecule has 0 N–H and O–H groups in total. The molecule has 1 saturated heterocycles. The van der Waals surface area contributed by atoms with Crippen LogP contribution in [-0.2, 0) is 0 Å². The smallest absolute Gasteiger partial charge is 0.124 e. The molecule has 0 radical (unpaired) electrons. The van der Waals surface area contributed by atoms with Crippen molar-refractivity contribution in [3.8, 4) is 23.3 Å².